The van der Waals surface area contributed by atoms with Gasteiger partial charge in [0.25, 0.3) is 11.8 Å². The van der Waals surface area contributed by atoms with Gasteiger partial charge in [-0.2, -0.15) is 0 Å². The van der Waals surface area contributed by atoms with Crippen molar-refractivity contribution in [3.05, 3.63) is 69.8 Å². The van der Waals surface area contributed by atoms with Crippen molar-refractivity contribution in [1.82, 2.24) is 9.80 Å². The first-order chi connectivity index (χ1) is 14.0. The Labute approximate surface area is 180 Å². The lowest BCUT2D eigenvalue weighted by Crippen LogP contribution is -2.47. The predicted octanol–water partition coefficient (Wildman–Crippen LogP) is 3.92. The topological polar surface area (TPSA) is 43.9 Å². The molecule has 2 aromatic carbocycles. The maximum Gasteiger partial charge on any atom is 0.282 e. The Morgan fingerprint density at radius 1 is 0.862 bits per heavy atom. The summed E-state index contributed by atoms with van der Waals surface area (Å²) in [4.78, 5) is 32.5. The predicted molar refractivity (Wildman–Crippen MR) is 116 cm³/mol. The maximum absolute atomic E-state index is 13.5. The summed E-state index contributed by atoms with van der Waals surface area (Å²) < 4.78 is 0. The summed E-state index contributed by atoms with van der Waals surface area (Å²) in [6, 6.07) is 13.9. The van der Waals surface area contributed by atoms with Crippen molar-refractivity contribution in [2.75, 3.05) is 37.6 Å². The molecule has 29 heavy (non-hydrogen) atoms. The molecule has 0 aromatic heterocycles. The van der Waals surface area contributed by atoms with E-state index in [4.69, 9.17) is 23.2 Å². The van der Waals surface area contributed by atoms with Crippen molar-refractivity contribution in [3.63, 3.8) is 0 Å². The molecule has 1 saturated heterocycles. The molecule has 4 rings (SSSR count). The van der Waals surface area contributed by atoms with E-state index in [1.807, 2.05) is 4.90 Å². The fourth-order valence-corrected chi connectivity index (χ4v) is 4.17. The molecule has 0 spiro atoms. The molecule has 7 heteroatoms. The number of piperazine rings is 1. The molecule has 0 radical (unpaired) electrons. The van der Waals surface area contributed by atoms with Gasteiger partial charge in [-0.25, -0.2) is 4.90 Å². The number of imide groups is 1. The number of halogens is 2. The van der Waals surface area contributed by atoms with E-state index in [2.05, 4.69) is 11.8 Å². The number of para-hydroxylation sites is 1. The van der Waals surface area contributed by atoms with Crippen molar-refractivity contribution in [2.24, 2.45) is 0 Å². The zero-order valence-electron chi connectivity index (χ0n) is 16.1. The highest BCUT2D eigenvalue weighted by Crippen LogP contribution is 2.37. The minimum absolute atomic E-state index is 0.335. The van der Waals surface area contributed by atoms with Gasteiger partial charge in [0, 0.05) is 31.2 Å². The van der Waals surface area contributed by atoms with Crippen LogP contribution in [0.1, 0.15) is 12.5 Å². The summed E-state index contributed by atoms with van der Waals surface area (Å²) in [5, 5.41) is 0.939. The first kappa shape index (κ1) is 20.0. The molecule has 2 aliphatic heterocycles. The third-order valence-electron chi connectivity index (χ3n) is 5.42. The fraction of sp³-hybridized carbons (Fsp3) is 0.273. The number of anilines is 1. The molecule has 5 nitrogen and oxygen atoms in total. The normalized spacial score (nSPS) is 18.2. The van der Waals surface area contributed by atoms with Gasteiger partial charge < -0.3 is 9.80 Å². The third-order valence-corrected chi connectivity index (χ3v) is 5.99. The Hall–Kier alpha value is -2.34. The lowest BCUT2D eigenvalue weighted by molar-refractivity contribution is -0.120. The third kappa shape index (κ3) is 3.66. The SMILES string of the molecule is CCN1CCN(C2=C(c3ccc(Cl)cc3)C(=O)N(c3ccccc3Cl)C2=O)CC1. The number of carbonyl (C=O) groups is 2. The Balaban J connectivity index is 1.79. The van der Waals surface area contributed by atoms with Gasteiger partial charge in [0.1, 0.15) is 5.70 Å². The van der Waals surface area contributed by atoms with Crippen LogP contribution < -0.4 is 4.90 Å². The lowest BCUT2D eigenvalue weighted by atomic mass is 10.0. The highest BCUT2D eigenvalue weighted by Gasteiger charge is 2.43. The number of rotatable bonds is 4. The average molecular weight is 430 g/mol. The van der Waals surface area contributed by atoms with Gasteiger partial charge in [-0.1, -0.05) is 54.4 Å². The molecule has 0 saturated carbocycles. The van der Waals surface area contributed by atoms with Crippen LogP contribution in [-0.4, -0.2) is 54.3 Å². The van der Waals surface area contributed by atoms with Gasteiger partial charge in [-0.3, -0.25) is 9.59 Å². The quantitative estimate of drug-likeness (QED) is 0.690. The molecule has 2 aliphatic rings. The van der Waals surface area contributed by atoms with E-state index in [0.29, 0.717) is 45.7 Å². The highest BCUT2D eigenvalue weighted by atomic mass is 35.5. The Morgan fingerprint density at radius 3 is 2.14 bits per heavy atom. The minimum atomic E-state index is -0.363. The molecule has 1 fully saturated rings. The van der Waals surface area contributed by atoms with E-state index in [9.17, 15) is 9.59 Å². The molecule has 0 atom stereocenters. The van der Waals surface area contributed by atoms with Gasteiger partial charge in [0.15, 0.2) is 0 Å². The van der Waals surface area contributed by atoms with E-state index in [-0.39, 0.29) is 11.8 Å². The first-order valence-electron chi connectivity index (χ1n) is 9.62. The second-order valence-corrected chi connectivity index (χ2v) is 7.89. The molecule has 0 N–H and O–H groups in total. The zero-order valence-corrected chi connectivity index (χ0v) is 17.6. The van der Waals surface area contributed by atoms with Gasteiger partial charge in [0.2, 0.25) is 0 Å². The van der Waals surface area contributed by atoms with E-state index in [1.165, 1.54) is 4.90 Å². The Kier molecular flexibility index (Phi) is 5.63. The monoisotopic (exact) mass is 429 g/mol. The Morgan fingerprint density at radius 2 is 1.52 bits per heavy atom. The largest absolute Gasteiger partial charge is 0.364 e. The van der Waals surface area contributed by atoms with E-state index in [1.54, 1.807) is 48.5 Å². The summed E-state index contributed by atoms with van der Waals surface area (Å²) in [6.07, 6.45) is 0. The van der Waals surface area contributed by atoms with Crippen molar-refractivity contribution in [3.8, 4) is 0 Å². The Bertz CT molecular complexity index is 980. The van der Waals surface area contributed by atoms with Crippen LogP contribution in [0.4, 0.5) is 5.69 Å². The highest BCUT2D eigenvalue weighted by molar-refractivity contribution is 6.47. The summed E-state index contributed by atoms with van der Waals surface area (Å²) in [5.74, 6) is -0.698. The van der Waals surface area contributed by atoms with Gasteiger partial charge in [0.05, 0.1) is 16.3 Å². The molecule has 0 aliphatic carbocycles. The molecule has 2 aromatic rings. The van der Waals surface area contributed by atoms with Gasteiger partial charge >= 0.3 is 0 Å². The number of benzene rings is 2. The average Bonchev–Trinajstić information content (AvgIpc) is 2.99. The van der Waals surface area contributed by atoms with Gasteiger partial charge in [-0.05, 0) is 36.4 Å². The molecule has 2 heterocycles. The van der Waals surface area contributed by atoms with Gasteiger partial charge in [-0.15, -0.1) is 0 Å². The smallest absolute Gasteiger partial charge is 0.282 e. The lowest BCUT2D eigenvalue weighted by Gasteiger charge is -2.36. The van der Waals surface area contributed by atoms with Crippen LogP contribution in [-0.2, 0) is 9.59 Å². The molecular weight excluding hydrogens is 409 g/mol. The summed E-state index contributed by atoms with van der Waals surface area (Å²) in [5.41, 5.74) is 1.91. The van der Waals surface area contributed by atoms with Crippen molar-refractivity contribution in [2.45, 2.75) is 6.92 Å². The van der Waals surface area contributed by atoms with E-state index < -0.39 is 0 Å². The van der Waals surface area contributed by atoms with E-state index in [0.717, 1.165) is 19.6 Å². The molecule has 0 unspecified atom stereocenters. The molecular formula is C22H21Cl2N3O2. The van der Waals surface area contributed by atoms with Crippen LogP contribution in [0.15, 0.2) is 54.2 Å². The van der Waals surface area contributed by atoms with Crippen molar-refractivity contribution in [1.29, 1.82) is 0 Å². The number of likely N-dealkylation sites (N-methyl/N-ethyl adjacent to an activating group) is 1. The van der Waals surface area contributed by atoms with Crippen molar-refractivity contribution >= 4 is 46.3 Å². The first-order valence-corrected chi connectivity index (χ1v) is 10.4. The summed E-state index contributed by atoms with van der Waals surface area (Å²) >= 11 is 12.4. The number of carbonyl (C=O) groups excluding carboxylic acids is 2. The number of hydrogen-bond acceptors (Lipinski definition) is 4. The second-order valence-electron chi connectivity index (χ2n) is 7.05. The number of amides is 2. The van der Waals surface area contributed by atoms with Crippen LogP contribution in [0.3, 0.4) is 0 Å². The maximum atomic E-state index is 13.5. The number of nitrogens with zero attached hydrogens (tertiary/aromatic N) is 3. The number of hydrogen-bond donors (Lipinski definition) is 0. The molecule has 0 bridgehead atoms. The van der Waals surface area contributed by atoms with E-state index >= 15 is 0 Å². The van der Waals surface area contributed by atoms with Crippen LogP contribution in [0, 0.1) is 0 Å². The van der Waals surface area contributed by atoms with Crippen LogP contribution >= 0.6 is 23.2 Å². The van der Waals surface area contributed by atoms with Crippen molar-refractivity contribution < 1.29 is 9.59 Å². The fourth-order valence-electron chi connectivity index (χ4n) is 3.83. The minimum Gasteiger partial charge on any atom is -0.364 e. The van der Waals surface area contributed by atoms with Crippen LogP contribution in [0.25, 0.3) is 5.57 Å². The zero-order chi connectivity index (χ0) is 20.5. The standard InChI is InChI=1S/C22H21Cl2N3O2/c1-2-25-11-13-26(14-12-25)20-19(15-7-9-16(23)10-8-15)21(28)27(22(20)29)18-6-4-3-5-17(18)24/h3-10H,2,11-14H2,1H3. The van der Waals surface area contributed by atoms with Crippen LogP contribution in [0.5, 0.6) is 0 Å². The molecule has 2 amide bonds. The second kappa shape index (κ2) is 8.19. The van der Waals surface area contributed by atoms with Crippen LogP contribution in [0.2, 0.25) is 10.0 Å². The summed E-state index contributed by atoms with van der Waals surface area (Å²) in [6.45, 7) is 6.17. The molecule has 150 valence electrons. The summed E-state index contributed by atoms with van der Waals surface area (Å²) in [7, 11) is 0.